The quantitative estimate of drug-likeness (QED) is 0.631. The highest BCUT2D eigenvalue weighted by Crippen LogP contribution is 2.31. The number of nitro benzene ring substituents is 1. The van der Waals surface area contributed by atoms with Gasteiger partial charge in [0.25, 0.3) is 5.91 Å². The summed E-state index contributed by atoms with van der Waals surface area (Å²) in [6.45, 7) is 0. The second-order valence-corrected chi connectivity index (χ2v) is 5.15. The first-order chi connectivity index (χ1) is 9.02. The predicted molar refractivity (Wildman–Crippen MR) is 72.5 cm³/mol. The van der Waals surface area contributed by atoms with Crippen molar-refractivity contribution in [3.8, 4) is 0 Å². The minimum absolute atomic E-state index is 0.00401. The van der Waals surface area contributed by atoms with E-state index >= 15 is 0 Å². The predicted octanol–water partition coefficient (Wildman–Crippen LogP) is 3.26. The Labute approximate surface area is 116 Å². The summed E-state index contributed by atoms with van der Waals surface area (Å²) in [5.41, 5.74) is -0.245. The Hall–Kier alpha value is -1.62. The van der Waals surface area contributed by atoms with Gasteiger partial charge >= 0.3 is 5.69 Å². The van der Waals surface area contributed by atoms with E-state index in [-0.39, 0.29) is 28.2 Å². The molecule has 19 heavy (non-hydrogen) atoms. The molecule has 0 unspecified atom stereocenters. The third kappa shape index (κ3) is 2.71. The first-order valence-electron chi connectivity index (χ1n) is 6.22. The zero-order valence-corrected chi connectivity index (χ0v) is 11.4. The van der Waals surface area contributed by atoms with Gasteiger partial charge in [0.2, 0.25) is 0 Å². The van der Waals surface area contributed by atoms with E-state index in [1.807, 2.05) is 0 Å². The molecule has 1 aromatic carbocycles. The fraction of sp³-hybridized carbons (Fsp3) is 0.462. The molecule has 0 atom stereocenters. The lowest BCUT2D eigenvalue weighted by Gasteiger charge is -2.24. The molecule has 0 radical (unpaired) electrons. The van der Waals surface area contributed by atoms with Gasteiger partial charge < -0.3 is 4.90 Å². The van der Waals surface area contributed by atoms with Crippen LogP contribution in [-0.4, -0.2) is 28.8 Å². The summed E-state index contributed by atoms with van der Waals surface area (Å²) in [4.78, 5) is 24.4. The van der Waals surface area contributed by atoms with E-state index < -0.39 is 4.92 Å². The Balaban J connectivity index is 2.33. The van der Waals surface area contributed by atoms with Gasteiger partial charge in [0, 0.05) is 13.1 Å². The molecule has 102 valence electrons. The van der Waals surface area contributed by atoms with Gasteiger partial charge in [-0.2, -0.15) is 0 Å². The number of carbonyl (C=O) groups excluding carboxylic acids is 1. The average molecular weight is 283 g/mol. The molecule has 0 saturated heterocycles. The molecule has 1 aromatic rings. The highest BCUT2D eigenvalue weighted by molar-refractivity contribution is 6.33. The van der Waals surface area contributed by atoms with Crippen molar-refractivity contribution >= 4 is 23.2 Å². The molecule has 0 heterocycles. The molecule has 0 bridgehead atoms. The number of rotatable bonds is 3. The Morgan fingerprint density at radius 2 is 2.05 bits per heavy atom. The Kier molecular flexibility index (Phi) is 4.04. The Morgan fingerprint density at radius 3 is 2.63 bits per heavy atom. The number of nitro groups is 1. The molecule has 1 aliphatic carbocycles. The van der Waals surface area contributed by atoms with Crippen molar-refractivity contribution in [2.24, 2.45) is 0 Å². The first kappa shape index (κ1) is 13.8. The van der Waals surface area contributed by atoms with E-state index in [4.69, 9.17) is 11.6 Å². The van der Waals surface area contributed by atoms with Crippen LogP contribution in [0.3, 0.4) is 0 Å². The van der Waals surface area contributed by atoms with Gasteiger partial charge in [0.1, 0.15) is 10.6 Å². The number of hydrogen-bond donors (Lipinski definition) is 0. The number of hydrogen-bond acceptors (Lipinski definition) is 3. The molecule has 2 rings (SSSR count). The molecule has 5 nitrogen and oxygen atoms in total. The third-order valence-corrected chi connectivity index (χ3v) is 3.90. The van der Waals surface area contributed by atoms with Crippen molar-refractivity contribution in [1.82, 2.24) is 4.90 Å². The normalized spacial score (nSPS) is 15.5. The molecule has 1 aliphatic rings. The molecule has 0 spiro atoms. The zero-order chi connectivity index (χ0) is 14.0. The lowest BCUT2D eigenvalue weighted by atomic mass is 10.1. The maximum Gasteiger partial charge on any atom is 0.300 e. The van der Waals surface area contributed by atoms with Crippen molar-refractivity contribution in [3.63, 3.8) is 0 Å². The standard InChI is InChI=1S/C13H15ClN2O3/c1-15(9-5-2-3-6-9)13(17)10-7-4-8-11(14)12(10)16(18)19/h4,7-9H,2-3,5-6H2,1H3. The van der Waals surface area contributed by atoms with Crippen molar-refractivity contribution in [2.75, 3.05) is 7.05 Å². The van der Waals surface area contributed by atoms with Crippen LogP contribution in [0, 0.1) is 10.1 Å². The highest BCUT2D eigenvalue weighted by atomic mass is 35.5. The largest absolute Gasteiger partial charge is 0.339 e. The number of benzene rings is 1. The SMILES string of the molecule is CN(C(=O)c1cccc(Cl)c1[N+](=O)[O-])C1CCCC1. The van der Waals surface area contributed by atoms with Gasteiger partial charge in [-0.15, -0.1) is 0 Å². The van der Waals surface area contributed by atoms with Crippen LogP contribution in [-0.2, 0) is 0 Å². The Bertz CT molecular complexity index is 513. The van der Waals surface area contributed by atoms with Gasteiger partial charge in [0.05, 0.1) is 4.92 Å². The molecule has 1 amide bonds. The van der Waals surface area contributed by atoms with Crippen LogP contribution in [0.4, 0.5) is 5.69 Å². The Morgan fingerprint density at radius 1 is 1.42 bits per heavy atom. The average Bonchev–Trinajstić information content (AvgIpc) is 2.90. The molecular formula is C13H15ClN2O3. The topological polar surface area (TPSA) is 63.5 Å². The fourth-order valence-corrected chi connectivity index (χ4v) is 2.76. The zero-order valence-electron chi connectivity index (χ0n) is 10.6. The molecule has 0 aliphatic heterocycles. The third-order valence-electron chi connectivity index (χ3n) is 3.59. The van der Waals surface area contributed by atoms with E-state index in [1.165, 1.54) is 12.1 Å². The minimum atomic E-state index is -0.599. The van der Waals surface area contributed by atoms with Gasteiger partial charge in [-0.25, -0.2) is 0 Å². The first-order valence-corrected chi connectivity index (χ1v) is 6.60. The molecule has 0 aromatic heterocycles. The number of nitrogens with zero attached hydrogens (tertiary/aromatic N) is 2. The summed E-state index contributed by atoms with van der Waals surface area (Å²) >= 11 is 5.82. The second kappa shape index (κ2) is 5.57. The summed E-state index contributed by atoms with van der Waals surface area (Å²) in [6, 6.07) is 4.61. The summed E-state index contributed by atoms with van der Waals surface area (Å²) in [7, 11) is 1.70. The van der Waals surface area contributed by atoms with Gasteiger partial charge in [-0.05, 0) is 25.0 Å². The van der Waals surface area contributed by atoms with Gasteiger partial charge in [-0.3, -0.25) is 14.9 Å². The fourth-order valence-electron chi connectivity index (χ4n) is 2.52. The van der Waals surface area contributed by atoms with Crippen LogP contribution >= 0.6 is 11.6 Å². The van der Waals surface area contributed by atoms with Crippen LogP contribution in [0.5, 0.6) is 0 Å². The van der Waals surface area contributed by atoms with Crippen LogP contribution in [0.2, 0.25) is 5.02 Å². The van der Waals surface area contributed by atoms with Gasteiger partial charge in [-0.1, -0.05) is 30.5 Å². The van der Waals surface area contributed by atoms with Crippen LogP contribution in [0.25, 0.3) is 0 Å². The number of carbonyl (C=O) groups is 1. The minimum Gasteiger partial charge on any atom is -0.339 e. The number of halogens is 1. The van der Waals surface area contributed by atoms with Crippen LogP contribution in [0.15, 0.2) is 18.2 Å². The summed E-state index contributed by atoms with van der Waals surface area (Å²) in [6.07, 6.45) is 4.10. The summed E-state index contributed by atoms with van der Waals surface area (Å²) in [5, 5.41) is 11.0. The maximum atomic E-state index is 12.4. The monoisotopic (exact) mass is 282 g/mol. The molecule has 0 N–H and O–H groups in total. The van der Waals surface area contributed by atoms with Crippen molar-refractivity contribution in [2.45, 2.75) is 31.7 Å². The van der Waals surface area contributed by atoms with E-state index in [9.17, 15) is 14.9 Å². The second-order valence-electron chi connectivity index (χ2n) is 4.75. The number of amides is 1. The smallest absolute Gasteiger partial charge is 0.300 e. The van der Waals surface area contributed by atoms with Crippen molar-refractivity contribution in [3.05, 3.63) is 38.9 Å². The summed E-state index contributed by atoms with van der Waals surface area (Å²) < 4.78 is 0. The lowest BCUT2D eigenvalue weighted by Crippen LogP contribution is -2.35. The molecular weight excluding hydrogens is 268 g/mol. The van der Waals surface area contributed by atoms with Crippen LogP contribution in [0.1, 0.15) is 36.0 Å². The van der Waals surface area contributed by atoms with E-state index in [2.05, 4.69) is 0 Å². The van der Waals surface area contributed by atoms with Crippen molar-refractivity contribution < 1.29 is 9.72 Å². The van der Waals surface area contributed by atoms with Crippen LogP contribution < -0.4 is 0 Å². The van der Waals surface area contributed by atoms with E-state index in [0.717, 1.165) is 25.7 Å². The summed E-state index contributed by atoms with van der Waals surface area (Å²) in [5.74, 6) is -0.332. The maximum absolute atomic E-state index is 12.4. The highest BCUT2D eigenvalue weighted by Gasteiger charge is 2.30. The number of para-hydroxylation sites is 1. The molecule has 1 saturated carbocycles. The van der Waals surface area contributed by atoms with Gasteiger partial charge in [0.15, 0.2) is 0 Å². The van der Waals surface area contributed by atoms with Crippen molar-refractivity contribution in [1.29, 1.82) is 0 Å². The lowest BCUT2D eigenvalue weighted by molar-refractivity contribution is -0.385. The van der Waals surface area contributed by atoms with E-state index in [0.29, 0.717) is 0 Å². The molecule has 6 heteroatoms. The van der Waals surface area contributed by atoms with E-state index in [1.54, 1.807) is 18.0 Å². The molecule has 1 fully saturated rings.